The number of halogens is 2. The first-order valence-electron chi connectivity index (χ1n) is 5.29. The van der Waals surface area contributed by atoms with Crippen molar-refractivity contribution in [1.82, 2.24) is 4.31 Å². The fourth-order valence-electron chi connectivity index (χ4n) is 1.41. The Morgan fingerprint density at radius 1 is 1.22 bits per heavy atom. The van der Waals surface area contributed by atoms with Gasteiger partial charge in [-0.05, 0) is 24.6 Å². The molecule has 0 unspecified atom stereocenters. The number of nitrogens with zero attached hydrogens (tertiary/aromatic N) is 1. The lowest BCUT2D eigenvalue weighted by molar-refractivity contribution is 0.189. The first-order chi connectivity index (χ1) is 8.37. The minimum Gasteiger partial charge on any atom is -0.385 e. The van der Waals surface area contributed by atoms with Crippen LogP contribution in [0.3, 0.4) is 0 Å². The number of methoxy groups -OCH3 is 1. The van der Waals surface area contributed by atoms with Crippen LogP contribution < -0.4 is 0 Å². The second-order valence-corrected chi connectivity index (χ2v) is 6.70. The molecule has 0 aromatic heterocycles. The lowest BCUT2D eigenvalue weighted by Gasteiger charge is -2.17. The van der Waals surface area contributed by atoms with Crippen molar-refractivity contribution in [2.45, 2.75) is 11.3 Å². The molecule has 0 bridgehead atoms. The third-order valence-corrected chi connectivity index (χ3v) is 4.64. The van der Waals surface area contributed by atoms with Crippen LogP contribution in [0.4, 0.5) is 0 Å². The van der Waals surface area contributed by atoms with Crippen molar-refractivity contribution < 1.29 is 13.2 Å². The number of hydrogen-bond acceptors (Lipinski definition) is 3. The van der Waals surface area contributed by atoms with Crippen molar-refractivity contribution in [1.29, 1.82) is 0 Å². The lowest BCUT2D eigenvalue weighted by Crippen LogP contribution is -2.28. The van der Waals surface area contributed by atoms with Crippen LogP contribution in [0.1, 0.15) is 6.42 Å². The van der Waals surface area contributed by atoms with Gasteiger partial charge >= 0.3 is 0 Å². The van der Waals surface area contributed by atoms with E-state index in [-0.39, 0.29) is 4.90 Å². The van der Waals surface area contributed by atoms with Gasteiger partial charge in [0.1, 0.15) is 0 Å². The van der Waals surface area contributed by atoms with Crippen LogP contribution in [0.2, 0.25) is 10.0 Å². The third kappa shape index (κ3) is 4.10. The van der Waals surface area contributed by atoms with Crippen molar-refractivity contribution >= 4 is 33.2 Å². The normalized spacial score (nSPS) is 12.1. The van der Waals surface area contributed by atoms with Crippen LogP contribution >= 0.6 is 23.2 Å². The van der Waals surface area contributed by atoms with Crippen molar-refractivity contribution in [2.24, 2.45) is 0 Å². The Labute approximate surface area is 117 Å². The van der Waals surface area contributed by atoms with E-state index in [4.69, 9.17) is 27.9 Å². The van der Waals surface area contributed by atoms with E-state index in [1.54, 1.807) is 7.11 Å². The SMILES string of the molecule is COCCCN(C)S(=O)(=O)c1cc(Cl)cc(Cl)c1. The summed E-state index contributed by atoms with van der Waals surface area (Å²) >= 11 is 11.6. The van der Waals surface area contributed by atoms with E-state index >= 15 is 0 Å². The molecule has 1 aromatic rings. The Kier molecular flexibility index (Phi) is 5.88. The van der Waals surface area contributed by atoms with E-state index in [1.807, 2.05) is 0 Å². The first-order valence-corrected chi connectivity index (χ1v) is 7.49. The molecule has 4 nitrogen and oxygen atoms in total. The Bertz CT molecular complexity index is 485. The van der Waals surface area contributed by atoms with E-state index in [2.05, 4.69) is 0 Å². The molecule has 0 saturated carbocycles. The van der Waals surface area contributed by atoms with E-state index in [0.717, 1.165) is 0 Å². The fraction of sp³-hybridized carbons (Fsp3) is 0.455. The molecule has 102 valence electrons. The third-order valence-electron chi connectivity index (χ3n) is 2.37. The Morgan fingerprint density at radius 3 is 2.28 bits per heavy atom. The van der Waals surface area contributed by atoms with Gasteiger partial charge in [-0.15, -0.1) is 0 Å². The summed E-state index contributed by atoms with van der Waals surface area (Å²) in [5.41, 5.74) is 0. The molecule has 1 rings (SSSR count). The van der Waals surface area contributed by atoms with Gasteiger partial charge in [0.15, 0.2) is 0 Å². The lowest BCUT2D eigenvalue weighted by atomic mass is 10.4. The fourth-order valence-corrected chi connectivity index (χ4v) is 3.35. The molecule has 0 spiro atoms. The average molecular weight is 312 g/mol. The van der Waals surface area contributed by atoms with E-state index < -0.39 is 10.0 Å². The topological polar surface area (TPSA) is 46.6 Å². The first kappa shape index (κ1) is 15.7. The van der Waals surface area contributed by atoms with Crippen molar-refractivity contribution in [2.75, 3.05) is 27.3 Å². The summed E-state index contributed by atoms with van der Waals surface area (Å²) in [6.45, 7) is 0.885. The number of rotatable bonds is 6. The zero-order valence-electron chi connectivity index (χ0n) is 10.2. The minimum absolute atomic E-state index is 0.0971. The molecule has 0 fully saturated rings. The van der Waals surface area contributed by atoms with Crippen LogP contribution in [0.15, 0.2) is 23.1 Å². The van der Waals surface area contributed by atoms with Crippen LogP contribution in [0.25, 0.3) is 0 Å². The summed E-state index contributed by atoms with van der Waals surface area (Å²) in [4.78, 5) is 0.0971. The maximum Gasteiger partial charge on any atom is 0.242 e. The molecule has 0 amide bonds. The summed E-state index contributed by atoms with van der Waals surface area (Å²) in [5.74, 6) is 0. The van der Waals surface area contributed by atoms with Crippen LogP contribution in [-0.4, -0.2) is 40.0 Å². The molecule has 0 aliphatic carbocycles. The van der Waals surface area contributed by atoms with Gasteiger partial charge in [0, 0.05) is 37.4 Å². The number of hydrogen-bond donors (Lipinski definition) is 0. The quantitative estimate of drug-likeness (QED) is 0.759. The summed E-state index contributed by atoms with van der Waals surface area (Å²) < 4.78 is 30.5. The molecular weight excluding hydrogens is 297 g/mol. The van der Waals surface area contributed by atoms with Gasteiger partial charge in [-0.2, -0.15) is 0 Å². The monoisotopic (exact) mass is 311 g/mol. The average Bonchev–Trinajstić information content (AvgIpc) is 2.27. The van der Waals surface area contributed by atoms with Gasteiger partial charge in [-0.3, -0.25) is 0 Å². The molecule has 0 aliphatic heterocycles. The van der Waals surface area contributed by atoms with Gasteiger partial charge in [-0.1, -0.05) is 23.2 Å². The number of ether oxygens (including phenoxy) is 1. The number of benzene rings is 1. The van der Waals surface area contributed by atoms with Gasteiger partial charge in [0.2, 0.25) is 10.0 Å². The highest BCUT2D eigenvalue weighted by atomic mass is 35.5. The smallest absolute Gasteiger partial charge is 0.242 e. The highest BCUT2D eigenvalue weighted by Crippen LogP contribution is 2.24. The molecule has 7 heteroatoms. The summed E-state index contributed by atoms with van der Waals surface area (Å²) in [6.07, 6.45) is 0.626. The standard InChI is InChI=1S/C11H15Cl2NO3S/c1-14(4-3-5-17-2)18(15,16)11-7-9(12)6-10(13)8-11/h6-8H,3-5H2,1-2H3. The van der Waals surface area contributed by atoms with Crippen molar-refractivity contribution in [3.05, 3.63) is 28.2 Å². The van der Waals surface area contributed by atoms with Gasteiger partial charge < -0.3 is 4.74 Å². The second-order valence-electron chi connectivity index (χ2n) is 3.78. The Hall–Kier alpha value is -0.330. The maximum atomic E-state index is 12.2. The highest BCUT2D eigenvalue weighted by molar-refractivity contribution is 7.89. The summed E-state index contributed by atoms with van der Waals surface area (Å²) in [6, 6.07) is 4.26. The van der Waals surface area contributed by atoms with Crippen LogP contribution in [0, 0.1) is 0 Å². The predicted octanol–water partition coefficient (Wildman–Crippen LogP) is 2.65. The van der Waals surface area contributed by atoms with Crippen molar-refractivity contribution in [3.63, 3.8) is 0 Å². The molecule has 1 aromatic carbocycles. The molecule has 0 radical (unpaired) electrons. The molecule has 0 saturated heterocycles. The van der Waals surface area contributed by atoms with Gasteiger partial charge in [0.25, 0.3) is 0 Å². The second kappa shape index (κ2) is 6.73. The van der Waals surface area contributed by atoms with Crippen molar-refractivity contribution in [3.8, 4) is 0 Å². The van der Waals surface area contributed by atoms with Gasteiger partial charge in [0.05, 0.1) is 4.90 Å². The summed E-state index contributed by atoms with van der Waals surface area (Å²) in [5, 5.41) is 0.595. The van der Waals surface area contributed by atoms with E-state index in [9.17, 15) is 8.42 Å². The maximum absolute atomic E-state index is 12.2. The zero-order valence-corrected chi connectivity index (χ0v) is 12.5. The van der Waals surface area contributed by atoms with E-state index in [1.165, 1.54) is 29.6 Å². The van der Waals surface area contributed by atoms with E-state index in [0.29, 0.717) is 29.6 Å². The molecule has 0 heterocycles. The number of sulfonamides is 1. The zero-order chi connectivity index (χ0) is 13.8. The molecular formula is C11H15Cl2NO3S. The largest absolute Gasteiger partial charge is 0.385 e. The van der Waals surface area contributed by atoms with Crippen LogP contribution in [-0.2, 0) is 14.8 Å². The molecule has 0 N–H and O–H groups in total. The Morgan fingerprint density at radius 2 is 1.78 bits per heavy atom. The molecule has 0 atom stereocenters. The highest BCUT2D eigenvalue weighted by Gasteiger charge is 2.21. The van der Waals surface area contributed by atoms with Crippen LogP contribution in [0.5, 0.6) is 0 Å². The molecule has 0 aliphatic rings. The minimum atomic E-state index is -3.56. The Balaban J connectivity index is 2.91. The molecule has 18 heavy (non-hydrogen) atoms. The predicted molar refractivity (Wildman–Crippen MR) is 72.8 cm³/mol. The van der Waals surface area contributed by atoms with Gasteiger partial charge in [-0.25, -0.2) is 12.7 Å². The summed E-state index contributed by atoms with van der Waals surface area (Å²) in [7, 11) is -0.467.